The van der Waals surface area contributed by atoms with Crippen LogP contribution in [0.5, 0.6) is 11.5 Å². The van der Waals surface area contributed by atoms with Crippen molar-refractivity contribution in [2.45, 2.75) is 40.0 Å². The molecule has 2 aromatic rings. The molecule has 7 nitrogen and oxygen atoms in total. The third-order valence-corrected chi connectivity index (χ3v) is 3.96. The van der Waals surface area contributed by atoms with Crippen molar-refractivity contribution in [2.24, 2.45) is 10.9 Å². The monoisotopic (exact) mass is 501 g/mol. The van der Waals surface area contributed by atoms with Crippen LogP contribution < -0.4 is 20.1 Å². The van der Waals surface area contributed by atoms with Crippen LogP contribution in [0.1, 0.15) is 26.6 Å². The number of halogens is 1. The van der Waals surface area contributed by atoms with Crippen molar-refractivity contribution >= 4 is 29.9 Å². The van der Waals surface area contributed by atoms with Crippen molar-refractivity contribution in [3.05, 3.63) is 42.5 Å². The summed E-state index contributed by atoms with van der Waals surface area (Å²) in [6.07, 6.45) is 3.79. The highest BCUT2D eigenvalue weighted by Crippen LogP contribution is 2.26. The van der Waals surface area contributed by atoms with E-state index in [1.165, 1.54) is 0 Å². The van der Waals surface area contributed by atoms with E-state index in [0.717, 1.165) is 23.9 Å². The standard InChI is InChI=1S/C20H31N5O2.HI/c1-15(2)14-25-11-10-22-19(25)13-24-20(21-4)23-12-16(3)27-18-9-7-6-8-17(18)26-5;/h6-11,15-16H,12-14H2,1-5H3,(H2,21,23,24);1H. The first-order valence-corrected chi connectivity index (χ1v) is 9.27. The van der Waals surface area contributed by atoms with Crippen molar-refractivity contribution in [3.63, 3.8) is 0 Å². The number of ether oxygens (including phenoxy) is 2. The Morgan fingerprint density at radius 1 is 1.18 bits per heavy atom. The Kier molecular flexibility index (Phi) is 10.7. The quantitative estimate of drug-likeness (QED) is 0.314. The highest BCUT2D eigenvalue weighted by molar-refractivity contribution is 14.0. The molecule has 1 aromatic carbocycles. The van der Waals surface area contributed by atoms with Crippen molar-refractivity contribution in [1.29, 1.82) is 0 Å². The van der Waals surface area contributed by atoms with Gasteiger partial charge in [-0.05, 0) is 25.0 Å². The predicted octanol–water partition coefficient (Wildman–Crippen LogP) is 3.30. The molecule has 0 aliphatic rings. The van der Waals surface area contributed by atoms with E-state index in [0.29, 0.717) is 25.0 Å². The summed E-state index contributed by atoms with van der Waals surface area (Å²) in [5, 5.41) is 6.59. The summed E-state index contributed by atoms with van der Waals surface area (Å²) in [4.78, 5) is 8.69. The second kappa shape index (κ2) is 12.5. The number of methoxy groups -OCH3 is 1. The van der Waals surface area contributed by atoms with Gasteiger partial charge >= 0.3 is 0 Å². The molecule has 0 amide bonds. The van der Waals surface area contributed by atoms with Crippen LogP contribution in [0.25, 0.3) is 0 Å². The molecule has 0 fully saturated rings. The van der Waals surface area contributed by atoms with Crippen LogP contribution >= 0.6 is 24.0 Å². The van der Waals surface area contributed by atoms with Crippen LogP contribution in [0.4, 0.5) is 0 Å². The number of hydrogen-bond donors (Lipinski definition) is 2. The Bertz CT molecular complexity index is 733. The zero-order valence-corrected chi connectivity index (χ0v) is 19.6. The fourth-order valence-electron chi connectivity index (χ4n) is 2.67. The summed E-state index contributed by atoms with van der Waals surface area (Å²) < 4.78 is 13.4. The summed E-state index contributed by atoms with van der Waals surface area (Å²) in [6, 6.07) is 7.63. The summed E-state index contributed by atoms with van der Waals surface area (Å²) in [6.45, 7) is 8.57. The van der Waals surface area contributed by atoms with E-state index in [1.807, 2.05) is 43.6 Å². The van der Waals surface area contributed by atoms with Crippen LogP contribution in [-0.2, 0) is 13.1 Å². The lowest BCUT2D eigenvalue weighted by Crippen LogP contribution is -2.41. The summed E-state index contributed by atoms with van der Waals surface area (Å²) in [5.41, 5.74) is 0. The first kappa shape index (κ1) is 24.1. The van der Waals surface area contributed by atoms with Gasteiger partial charge in [0.05, 0.1) is 20.2 Å². The van der Waals surface area contributed by atoms with E-state index in [2.05, 4.69) is 39.0 Å². The van der Waals surface area contributed by atoms with Gasteiger partial charge in [0, 0.05) is 26.0 Å². The predicted molar refractivity (Wildman–Crippen MR) is 124 cm³/mol. The Hall–Kier alpha value is -1.97. The van der Waals surface area contributed by atoms with Gasteiger partial charge in [0.1, 0.15) is 11.9 Å². The SMILES string of the molecule is CN=C(NCc1nccn1CC(C)C)NCC(C)Oc1ccccc1OC.I. The molecular weight excluding hydrogens is 469 g/mol. The van der Waals surface area contributed by atoms with Gasteiger partial charge in [0.2, 0.25) is 0 Å². The van der Waals surface area contributed by atoms with Gasteiger partial charge < -0.3 is 24.7 Å². The van der Waals surface area contributed by atoms with E-state index in [9.17, 15) is 0 Å². The molecule has 0 radical (unpaired) electrons. The number of benzene rings is 1. The number of para-hydroxylation sites is 2. The number of rotatable bonds is 9. The molecule has 0 aliphatic heterocycles. The minimum Gasteiger partial charge on any atom is -0.493 e. The summed E-state index contributed by atoms with van der Waals surface area (Å²) in [7, 11) is 3.39. The Labute approximate surface area is 185 Å². The van der Waals surface area contributed by atoms with E-state index in [1.54, 1.807) is 14.2 Å². The number of hydrogen-bond acceptors (Lipinski definition) is 4. The summed E-state index contributed by atoms with van der Waals surface area (Å²) >= 11 is 0. The second-order valence-electron chi connectivity index (χ2n) is 6.78. The minimum atomic E-state index is -0.0530. The fourth-order valence-corrected chi connectivity index (χ4v) is 2.67. The first-order valence-electron chi connectivity index (χ1n) is 9.27. The van der Waals surface area contributed by atoms with Gasteiger partial charge in [-0.15, -0.1) is 24.0 Å². The van der Waals surface area contributed by atoms with Crippen LogP contribution in [0, 0.1) is 5.92 Å². The molecular formula is C20H32IN5O2. The van der Waals surface area contributed by atoms with Crippen molar-refractivity contribution < 1.29 is 9.47 Å². The highest BCUT2D eigenvalue weighted by Gasteiger charge is 2.10. The highest BCUT2D eigenvalue weighted by atomic mass is 127. The molecule has 2 rings (SSSR count). The topological polar surface area (TPSA) is 72.7 Å². The van der Waals surface area contributed by atoms with Gasteiger partial charge in [0.25, 0.3) is 0 Å². The number of nitrogens with one attached hydrogen (secondary N) is 2. The zero-order chi connectivity index (χ0) is 19.6. The van der Waals surface area contributed by atoms with Gasteiger partial charge in [-0.3, -0.25) is 4.99 Å². The molecule has 0 saturated carbocycles. The average Bonchev–Trinajstić information content (AvgIpc) is 3.08. The van der Waals surface area contributed by atoms with Gasteiger partial charge in [0.15, 0.2) is 17.5 Å². The zero-order valence-electron chi connectivity index (χ0n) is 17.3. The molecule has 0 spiro atoms. The van der Waals surface area contributed by atoms with Crippen LogP contribution in [0.15, 0.2) is 41.7 Å². The second-order valence-corrected chi connectivity index (χ2v) is 6.78. The Morgan fingerprint density at radius 2 is 1.89 bits per heavy atom. The largest absolute Gasteiger partial charge is 0.493 e. The molecule has 1 atom stereocenters. The average molecular weight is 501 g/mol. The summed E-state index contributed by atoms with van der Waals surface area (Å²) in [5.74, 6) is 3.73. The lowest BCUT2D eigenvalue weighted by molar-refractivity contribution is 0.213. The maximum Gasteiger partial charge on any atom is 0.191 e. The van der Waals surface area contributed by atoms with Crippen LogP contribution in [0.3, 0.4) is 0 Å². The molecule has 2 N–H and O–H groups in total. The van der Waals surface area contributed by atoms with Crippen molar-refractivity contribution in [1.82, 2.24) is 20.2 Å². The first-order chi connectivity index (χ1) is 13.0. The normalized spacial score (nSPS) is 12.3. The molecule has 1 unspecified atom stereocenters. The Morgan fingerprint density at radius 3 is 2.54 bits per heavy atom. The number of aromatic nitrogens is 2. The maximum absolute atomic E-state index is 5.96. The van der Waals surface area contributed by atoms with Gasteiger partial charge in [-0.1, -0.05) is 26.0 Å². The van der Waals surface area contributed by atoms with Gasteiger partial charge in [-0.25, -0.2) is 4.98 Å². The molecule has 0 saturated heterocycles. The van der Waals surface area contributed by atoms with E-state index in [4.69, 9.17) is 9.47 Å². The molecule has 1 aromatic heterocycles. The van der Waals surface area contributed by atoms with Gasteiger partial charge in [-0.2, -0.15) is 0 Å². The van der Waals surface area contributed by atoms with Crippen LogP contribution in [-0.4, -0.2) is 42.3 Å². The number of guanidine groups is 1. The van der Waals surface area contributed by atoms with E-state index in [-0.39, 0.29) is 30.1 Å². The molecule has 8 heteroatoms. The number of nitrogens with zero attached hydrogens (tertiary/aromatic N) is 3. The molecule has 0 bridgehead atoms. The van der Waals surface area contributed by atoms with E-state index >= 15 is 0 Å². The third kappa shape index (κ3) is 7.57. The fraction of sp³-hybridized carbons (Fsp3) is 0.500. The molecule has 28 heavy (non-hydrogen) atoms. The lowest BCUT2D eigenvalue weighted by Gasteiger charge is -2.19. The third-order valence-electron chi connectivity index (χ3n) is 3.96. The number of aliphatic imine (C=N–C) groups is 1. The van der Waals surface area contributed by atoms with E-state index < -0.39 is 0 Å². The minimum absolute atomic E-state index is 0. The smallest absolute Gasteiger partial charge is 0.191 e. The van der Waals surface area contributed by atoms with Crippen molar-refractivity contribution in [3.8, 4) is 11.5 Å². The van der Waals surface area contributed by atoms with Crippen LogP contribution in [0.2, 0.25) is 0 Å². The molecule has 0 aliphatic carbocycles. The van der Waals surface area contributed by atoms with Crippen molar-refractivity contribution in [2.75, 3.05) is 20.7 Å². The molecule has 156 valence electrons. The molecule has 1 heterocycles. The number of imidazole rings is 1. The maximum atomic E-state index is 5.96. The lowest BCUT2D eigenvalue weighted by atomic mass is 10.2. The Balaban J connectivity index is 0.00000392.